The Morgan fingerprint density at radius 2 is 0.863 bits per heavy atom. The maximum absolute atomic E-state index is 13.2. The van der Waals surface area contributed by atoms with E-state index in [1.54, 1.807) is 0 Å². The Kier molecular flexibility index (Phi) is 9.30. The average molecular weight is 811 g/mol. The van der Waals surface area contributed by atoms with E-state index in [0.717, 1.165) is 46.3 Å². The molecule has 0 aromatic heterocycles. The third-order valence-corrected chi connectivity index (χ3v) is 19.8. The molecule has 0 heterocycles. The average Bonchev–Trinajstić information content (AvgIpc) is 3.07. The van der Waals surface area contributed by atoms with Crippen molar-refractivity contribution in [2.24, 2.45) is 47.3 Å². The topological polar surface area (TPSA) is 71.1 Å². The van der Waals surface area contributed by atoms with Crippen LogP contribution in [-0.4, -0.2) is 57.3 Å². The second kappa shape index (κ2) is 13.3. The van der Waals surface area contributed by atoms with Crippen molar-refractivity contribution in [1.29, 1.82) is 0 Å². The Labute approximate surface area is 315 Å². The zero-order valence-corrected chi connectivity index (χ0v) is 34.4. The van der Waals surface area contributed by atoms with Crippen LogP contribution in [0.5, 0.6) is 11.5 Å². The molecule has 0 radical (unpaired) electrons. The van der Waals surface area contributed by atoms with Gasteiger partial charge in [0.2, 0.25) is 0 Å². The van der Waals surface area contributed by atoms with Crippen LogP contribution in [0.1, 0.15) is 111 Å². The van der Waals surface area contributed by atoms with Gasteiger partial charge in [-0.2, -0.15) is 0 Å². The van der Waals surface area contributed by atoms with Gasteiger partial charge in [-0.25, -0.2) is 0 Å². The van der Waals surface area contributed by atoms with E-state index in [1.807, 2.05) is 0 Å². The number of benzene rings is 2. The van der Waals surface area contributed by atoms with Crippen LogP contribution in [-0.2, 0) is 19.1 Å². The van der Waals surface area contributed by atoms with Gasteiger partial charge in [0.05, 0.1) is 0 Å². The molecule has 8 bridgehead atoms. The Morgan fingerprint density at radius 1 is 0.549 bits per heavy atom. The first-order chi connectivity index (χ1) is 24.2. The number of carbonyl (C=O) groups is 2. The van der Waals surface area contributed by atoms with Crippen molar-refractivity contribution in [3.05, 3.63) is 45.5 Å². The third kappa shape index (κ3) is 6.33. The predicted octanol–water partition coefficient (Wildman–Crippen LogP) is 7.47. The normalized spacial score (nSPS) is 35.6. The minimum atomic E-state index is -0.743. The molecular formula is C44H58O6Te. The Hall–Kier alpha value is -2.23. The minimum absolute atomic E-state index is 0.0502. The number of hydrogen-bond acceptors (Lipinski definition) is 6. The molecule has 0 atom stereocenters. The van der Waals surface area contributed by atoms with Crippen LogP contribution in [0.2, 0.25) is 0 Å². The zero-order valence-electron chi connectivity index (χ0n) is 32.1. The molecule has 8 saturated carbocycles. The van der Waals surface area contributed by atoms with Crippen molar-refractivity contribution in [3.63, 3.8) is 0 Å². The van der Waals surface area contributed by atoms with Gasteiger partial charge in [0.1, 0.15) is 0 Å². The summed E-state index contributed by atoms with van der Waals surface area (Å²) < 4.78 is 27.8. The molecule has 7 heteroatoms. The van der Waals surface area contributed by atoms with Crippen molar-refractivity contribution < 1.29 is 28.5 Å². The second-order valence-corrected chi connectivity index (χ2v) is 21.1. The van der Waals surface area contributed by atoms with Gasteiger partial charge in [0, 0.05) is 0 Å². The van der Waals surface area contributed by atoms with E-state index in [2.05, 4.69) is 67.5 Å². The van der Waals surface area contributed by atoms with Crippen LogP contribution in [0.15, 0.2) is 12.1 Å². The van der Waals surface area contributed by atoms with E-state index in [0.29, 0.717) is 23.7 Å². The van der Waals surface area contributed by atoms with Crippen LogP contribution in [0.3, 0.4) is 0 Å². The van der Waals surface area contributed by atoms with Crippen LogP contribution < -0.4 is 16.7 Å². The van der Waals surface area contributed by atoms with Gasteiger partial charge in [0.15, 0.2) is 0 Å². The molecule has 8 fully saturated rings. The van der Waals surface area contributed by atoms with Gasteiger partial charge in [0.25, 0.3) is 0 Å². The summed E-state index contributed by atoms with van der Waals surface area (Å²) in [6.07, 6.45) is 12.5. The Bertz CT molecular complexity index is 1560. The van der Waals surface area contributed by atoms with E-state index in [4.69, 9.17) is 18.9 Å². The molecule has 2 aromatic rings. The van der Waals surface area contributed by atoms with Gasteiger partial charge >= 0.3 is 304 Å². The fourth-order valence-electron chi connectivity index (χ4n) is 12.2. The van der Waals surface area contributed by atoms with Gasteiger partial charge in [-0.1, -0.05) is 0 Å². The van der Waals surface area contributed by atoms with Crippen LogP contribution in [0.25, 0.3) is 0 Å². The maximum atomic E-state index is 13.2. The number of rotatable bonds is 10. The molecule has 0 spiro atoms. The summed E-state index contributed by atoms with van der Waals surface area (Å²) in [5, 5.41) is 0. The fourth-order valence-corrected chi connectivity index (χ4v) is 15.7. The van der Waals surface area contributed by atoms with Crippen molar-refractivity contribution in [2.75, 3.05) is 13.2 Å². The molecule has 0 amide bonds. The van der Waals surface area contributed by atoms with Gasteiger partial charge in [-0.3, -0.25) is 0 Å². The number of aryl methyl sites for hydroxylation is 2. The molecule has 6 nitrogen and oxygen atoms in total. The van der Waals surface area contributed by atoms with Crippen LogP contribution >= 0.6 is 0 Å². The monoisotopic (exact) mass is 812 g/mol. The van der Waals surface area contributed by atoms with Gasteiger partial charge < -0.3 is 0 Å². The SMILES string of the molecule is Cc1cc(OCC(=O)OC2(C)C3CC4CC(C3)CC2C4)c(C)c(C)c1[Te]c1c(C)cc(OCC(=O)OC2(C)C3CC4CC(C3)CC2C4)c(C)c1C. The van der Waals surface area contributed by atoms with Crippen molar-refractivity contribution in [1.82, 2.24) is 0 Å². The molecule has 0 aliphatic heterocycles. The van der Waals surface area contributed by atoms with E-state index in [9.17, 15) is 9.59 Å². The van der Waals surface area contributed by atoms with Crippen LogP contribution in [0.4, 0.5) is 0 Å². The Balaban J connectivity index is 0.900. The van der Waals surface area contributed by atoms with Crippen LogP contribution in [0, 0.1) is 88.9 Å². The predicted molar refractivity (Wildman–Crippen MR) is 200 cm³/mol. The summed E-state index contributed by atoms with van der Waals surface area (Å²) in [5.74, 6) is 6.42. The molecular weight excluding hydrogens is 752 g/mol. The third-order valence-electron chi connectivity index (χ3n) is 15.0. The quantitative estimate of drug-likeness (QED) is 0.184. The molecule has 8 aliphatic rings. The summed E-state index contributed by atoms with van der Waals surface area (Å²) in [7, 11) is 0. The molecule has 0 unspecified atom stereocenters. The van der Waals surface area contributed by atoms with Gasteiger partial charge in [-0.05, 0) is 12.8 Å². The first kappa shape index (κ1) is 35.8. The van der Waals surface area contributed by atoms with Crippen molar-refractivity contribution in [2.45, 2.75) is 131 Å². The molecule has 2 aromatic carbocycles. The molecule has 0 N–H and O–H groups in total. The number of carbonyl (C=O) groups excluding carboxylic acids is 2. The van der Waals surface area contributed by atoms with Gasteiger partial charge in [-0.15, -0.1) is 0 Å². The summed E-state index contributed by atoms with van der Waals surface area (Å²) in [4.78, 5) is 26.4. The molecule has 276 valence electrons. The second-order valence-electron chi connectivity index (χ2n) is 18.1. The molecule has 8 aliphatic carbocycles. The van der Waals surface area contributed by atoms with E-state index in [-0.39, 0.29) is 36.4 Å². The standard InChI is InChI=1S/C44H58O6Te/c1-23-9-37(47-21-39(45)49-43(7)33-13-29-11-30(15-33)16-34(43)14-29)25(3)27(5)41(23)51-42-24(2)10-38(26(4)28(42)6)48-22-40(46)50-44(8)35-17-31-12-32(19-35)20-36(44)18-31/h9-10,29-36H,11-22H2,1-8H3. The summed E-state index contributed by atoms with van der Waals surface area (Å²) in [6.45, 7) is 17.2. The van der Waals surface area contributed by atoms with E-state index < -0.39 is 20.9 Å². The van der Waals surface area contributed by atoms with Crippen molar-refractivity contribution in [3.8, 4) is 11.5 Å². The van der Waals surface area contributed by atoms with E-state index in [1.165, 1.54) is 93.7 Å². The molecule has 0 saturated heterocycles. The molecule has 51 heavy (non-hydrogen) atoms. The first-order valence-corrected chi connectivity index (χ1v) is 22.1. The fraction of sp³-hybridized carbons (Fsp3) is 0.682. The number of esters is 2. The first-order valence-electron chi connectivity index (χ1n) is 19.8. The van der Waals surface area contributed by atoms with E-state index >= 15 is 0 Å². The van der Waals surface area contributed by atoms with Crippen molar-refractivity contribution >= 4 is 40.1 Å². The zero-order chi connectivity index (χ0) is 36.0. The Morgan fingerprint density at radius 3 is 1.18 bits per heavy atom. The number of ether oxygens (including phenoxy) is 4. The summed E-state index contributed by atoms with van der Waals surface area (Å²) in [6, 6.07) is 4.23. The number of hydrogen-bond donors (Lipinski definition) is 0. The summed E-state index contributed by atoms with van der Waals surface area (Å²) in [5.41, 5.74) is 6.39. The molecule has 10 rings (SSSR count). The summed E-state index contributed by atoms with van der Waals surface area (Å²) >= 11 is -0.743.